The lowest BCUT2D eigenvalue weighted by Crippen LogP contribution is -2.34. The Kier molecular flexibility index (Phi) is 6.34. The van der Waals surface area contributed by atoms with E-state index in [0.29, 0.717) is 30.2 Å². The number of ether oxygens (including phenoxy) is 3. The van der Waals surface area contributed by atoms with E-state index in [4.69, 9.17) is 14.2 Å². The predicted molar refractivity (Wildman–Crippen MR) is 93.4 cm³/mol. The zero-order valence-corrected chi connectivity index (χ0v) is 15.7. The molecule has 0 amide bonds. The largest absolute Gasteiger partial charge is 0.493 e. The van der Waals surface area contributed by atoms with Crippen molar-refractivity contribution in [1.82, 2.24) is 4.31 Å². The van der Waals surface area contributed by atoms with Crippen LogP contribution in [0.5, 0.6) is 17.2 Å². The lowest BCUT2D eigenvalue weighted by Gasteiger charge is -2.23. The molecule has 0 heterocycles. The summed E-state index contributed by atoms with van der Waals surface area (Å²) in [7, 11) is 1.40. The highest BCUT2D eigenvalue weighted by Gasteiger charge is 2.37. The zero-order chi connectivity index (χ0) is 17.7. The fraction of sp³-hybridized carbons (Fsp3) is 0.647. The van der Waals surface area contributed by atoms with Crippen LogP contribution in [0.15, 0.2) is 12.1 Å². The van der Waals surface area contributed by atoms with E-state index in [1.54, 1.807) is 25.6 Å². The van der Waals surface area contributed by atoms with Crippen molar-refractivity contribution in [3.63, 3.8) is 0 Å². The minimum Gasteiger partial charge on any atom is -0.493 e. The molecule has 1 aromatic carbocycles. The van der Waals surface area contributed by atoms with Crippen LogP contribution in [-0.2, 0) is 16.6 Å². The molecule has 1 fully saturated rings. The van der Waals surface area contributed by atoms with E-state index < -0.39 is 10.0 Å². The predicted octanol–water partition coefficient (Wildman–Crippen LogP) is 2.81. The van der Waals surface area contributed by atoms with Crippen molar-refractivity contribution in [2.45, 2.75) is 45.2 Å². The van der Waals surface area contributed by atoms with Crippen molar-refractivity contribution in [3.8, 4) is 17.2 Å². The van der Waals surface area contributed by atoms with Gasteiger partial charge in [0.2, 0.25) is 15.8 Å². The Bertz CT molecular complexity index is 630. The van der Waals surface area contributed by atoms with E-state index in [2.05, 4.69) is 0 Å². The average Bonchev–Trinajstić information content (AvgIpc) is 3.41. The van der Waals surface area contributed by atoms with Gasteiger partial charge in [0.25, 0.3) is 0 Å². The number of nitrogens with zero attached hydrogens (tertiary/aromatic N) is 1. The Labute approximate surface area is 144 Å². The molecule has 2 rings (SSSR count). The van der Waals surface area contributed by atoms with Crippen molar-refractivity contribution >= 4 is 10.0 Å². The number of rotatable bonds is 10. The van der Waals surface area contributed by atoms with E-state index in [1.165, 1.54) is 0 Å². The molecule has 0 N–H and O–H groups in total. The highest BCUT2D eigenvalue weighted by Crippen LogP contribution is 2.39. The summed E-state index contributed by atoms with van der Waals surface area (Å²) in [6.07, 6.45) is 3.40. The molecule has 0 saturated heterocycles. The molecule has 1 aromatic rings. The van der Waals surface area contributed by atoms with Crippen LogP contribution < -0.4 is 14.2 Å². The van der Waals surface area contributed by atoms with Crippen LogP contribution in [0.25, 0.3) is 0 Å². The molecule has 0 bridgehead atoms. The Hall–Kier alpha value is -1.47. The van der Waals surface area contributed by atoms with Crippen LogP contribution in [0.3, 0.4) is 0 Å². The molecule has 7 heteroatoms. The first-order valence-corrected chi connectivity index (χ1v) is 9.86. The number of benzene rings is 1. The maximum atomic E-state index is 12.6. The Morgan fingerprint density at radius 3 is 2.08 bits per heavy atom. The van der Waals surface area contributed by atoms with E-state index in [1.807, 2.05) is 19.1 Å². The van der Waals surface area contributed by atoms with Crippen LogP contribution in [0.4, 0.5) is 0 Å². The second-order valence-corrected chi connectivity index (χ2v) is 8.02. The quantitative estimate of drug-likeness (QED) is 0.644. The average molecular weight is 357 g/mol. The van der Waals surface area contributed by atoms with Crippen LogP contribution in [0.2, 0.25) is 0 Å². The summed E-state index contributed by atoms with van der Waals surface area (Å²) in [5.74, 6) is 1.78. The number of sulfonamides is 1. The van der Waals surface area contributed by atoms with Gasteiger partial charge in [0.15, 0.2) is 11.5 Å². The van der Waals surface area contributed by atoms with Gasteiger partial charge in [-0.1, -0.05) is 13.3 Å². The minimum absolute atomic E-state index is 0.117. The molecule has 1 aliphatic carbocycles. The minimum atomic E-state index is -3.25. The number of unbranched alkanes of at least 4 members (excludes halogenated alkanes) is 1. The molecular weight excluding hydrogens is 330 g/mol. The molecule has 136 valence electrons. The van der Waals surface area contributed by atoms with Crippen molar-refractivity contribution in [3.05, 3.63) is 17.7 Å². The lowest BCUT2D eigenvalue weighted by molar-refractivity contribution is 0.322. The first-order chi connectivity index (χ1) is 11.5. The van der Waals surface area contributed by atoms with Gasteiger partial charge in [0, 0.05) is 12.6 Å². The molecule has 0 atom stereocenters. The Morgan fingerprint density at radius 1 is 1.08 bits per heavy atom. The van der Waals surface area contributed by atoms with E-state index in [0.717, 1.165) is 24.8 Å². The van der Waals surface area contributed by atoms with Gasteiger partial charge in [-0.2, -0.15) is 4.31 Å². The zero-order valence-electron chi connectivity index (χ0n) is 14.9. The molecule has 1 aliphatic rings. The molecule has 0 unspecified atom stereocenters. The van der Waals surface area contributed by atoms with Gasteiger partial charge in [-0.15, -0.1) is 0 Å². The van der Waals surface area contributed by atoms with Gasteiger partial charge in [-0.3, -0.25) is 0 Å². The molecule has 1 saturated carbocycles. The summed E-state index contributed by atoms with van der Waals surface area (Å²) in [5, 5.41) is 0. The molecule has 24 heavy (non-hydrogen) atoms. The topological polar surface area (TPSA) is 65.1 Å². The Morgan fingerprint density at radius 2 is 1.67 bits per heavy atom. The number of hydrogen-bond donors (Lipinski definition) is 0. The smallest absolute Gasteiger partial charge is 0.214 e. The maximum Gasteiger partial charge on any atom is 0.214 e. The highest BCUT2D eigenvalue weighted by molar-refractivity contribution is 7.89. The van der Waals surface area contributed by atoms with Gasteiger partial charge < -0.3 is 14.2 Å². The standard InChI is InChI=1S/C17H27NO5S/c1-5-6-9-24(19,20)18(14-7-8-14)12-13-10-15(21-2)17(23-4)16(11-13)22-3/h10-11,14H,5-9,12H2,1-4H3. The van der Waals surface area contributed by atoms with Gasteiger partial charge in [0.1, 0.15) is 0 Å². The van der Waals surface area contributed by atoms with Crippen LogP contribution in [0, 0.1) is 0 Å². The van der Waals surface area contributed by atoms with E-state index in [-0.39, 0.29) is 11.8 Å². The van der Waals surface area contributed by atoms with Crippen LogP contribution in [-0.4, -0.2) is 45.8 Å². The van der Waals surface area contributed by atoms with Crippen LogP contribution in [0.1, 0.15) is 38.2 Å². The maximum absolute atomic E-state index is 12.6. The molecule has 0 radical (unpaired) electrons. The summed E-state index contributed by atoms with van der Waals surface area (Å²) < 4.78 is 42.9. The molecular formula is C17H27NO5S. The van der Waals surface area contributed by atoms with Crippen LogP contribution >= 0.6 is 0 Å². The number of methoxy groups -OCH3 is 3. The van der Waals surface area contributed by atoms with Crippen molar-refractivity contribution in [2.75, 3.05) is 27.1 Å². The monoisotopic (exact) mass is 357 g/mol. The summed E-state index contributed by atoms with van der Waals surface area (Å²) in [4.78, 5) is 0. The third-order valence-electron chi connectivity index (χ3n) is 4.13. The SMILES string of the molecule is CCCCS(=O)(=O)N(Cc1cc(OC)c(OC)c(OC)c1)C1CC1. The normalized spacial score (nSPS) is 14.7. The van der Waals surface area contributed by atoms with Gasteiger partial charge >= 0.3 is 0 Å². The van der Waals surface area contributed by atoms with Crippen molar-refractivity contribution < 1.29 is 22.6 Å². The fourth-order valence-corrected chi connectivity index (χ4v) is 4.57. The third kappa shape index (κ3) is 4.33. The lowest BCUT2D eigenvalue weighted by atomic mass is 10.1. The van der Waals surface area contributed by atoms with Crippen molar-refractivity contribution in [1.29, 1.82) is 0 Å². The highest BCUT2D eigenvalue weighted by atomic mass is 32.2. The van der Waals surface area contributed by atoms with Gasteiger partial charge in [-0.25, -0.2) is 8.42 Å². The molecule has 6 nitrogen and oxygen atoms in total. The second kappa shape index (κ2) is 8.07. The molecule has 0 spiro atoms. The molecule has 0 aliphatic heterocycles. The third-order valence-corrected chi connectivity index (χ3v) is 6.08. The van der Waals surface area contributed by atoms with E-state index >= 15 is 0 Å². The molecule has 0 aromatic heterocycles. The van der Waals surface area contributed by atoms with E-state index in [9.17, 15) is 8.42 Å². The van der Waals surface area contributed by atoms with Crippen molar-refractivity contribution in [2.24, 2.45) is 0 Å². The summed E-state index contributed by atoms with van der Waals surface area (Å²) >= 11 is 0. The van der Waals surface area contributed by atoms with Gasteiger partial charge in [-0.05, 0) is 37.0 Å². The summed E-state index contributed by atoms with van der Waals surface area (Å²) in [5.41, 5.74) is 0.830. The Balaban J connectivity index is 2.30. The number of hydrogen-bond acceptors (Lipinski definition) is 5. The summed E-state index contributed by atoms with van der Waals surface area (Å²) in [6, 6.07) is 3.74. The fourth-order valence-electron chi connectivity index (χ4n) is 2.67. The van der Waals surface area contributed by atoms with Gasteiger partial charge in [0.05, 0.1) is 27.1 Å². The first-order valence-electron chi connectivity index (χ1n) is 8.25. The first kappa shape index (κ1) is 18.9. The summed E-state index contributed by atoms with van der Waals surface area (Å²) in [6.45, 7) is 2.32. The second-order valence-electron chi connectivity index (χ2n) is 5.98.